The summed E-state index contributed by atoms with van der Waals surface area (Å²) < 4.78 is 4.88. The van der Waals surface area contributed by atoms with Gasteiger partial charge in [0.1, 0.15) is 0 Å². The average Bonchev–Trinajstić information content (AvgIpc) is 1.89. The van der Waals surface area contributed by atoms with Gasteiger partial charge < -0.3 is 10.5 Å². The molecule has 0 aliphatic carbocycles. The molecule has 9 heavy (non-hydrogen) atoms. The topological polar surface area (TPSA) is 35.2 Å². The van der Waals surface area contributed by atoms with Gasteiger partial charge in [-0.05, 0) is 0 Å². The second-order valence-corrected chi connectivity index (χ2v) is 2.66. The van der Waals surface area contributed by atoms with Gasteiger partial charge >= 0.3 is 0 Å². The van der Waals surface area contributed by atoms with Gasteiger partial charge in [-0.2, -0.15) is 11.8 Å². The Kier molecular flexibility index (Phi) is 7.72. The highest BCUT2D eigenvalue weighted by atomic mass is 32.2. The number of ether oxygens (including phenoxy) is 1. The number of hydrogen-bond acceptors (Lipinski definition) is 3. The van der Waals surface area contributed by atoms with E-state index in [1.165, 1.54) is 6.26 Å². The standard InChI is InChI=1S/C6H13NOS/c1-2-8-4-6-9-5-3-7/h2H,1,3-7H2. The molecular weight excluding hydrogens is 134 g/mol. The maximum absolute atomic E-state index is 5.26. The first-order valence-corrected chi connectivity index (χ1v) is 4.07. The second-order valence-electron chi connectivity index (χ2n) is 1.44. The smallest absolute Gasteiger partial charge is 0.0963 e. The van der Waals surface area contributed by atoms with E-state index < -0.39 is 0 Å². The minimum atomic E-state index is 0.744. The predicted octanol–water partition coefficient (Wildman–Crippen LogP) is 0.838. The zero-order chi connectivity index (χ0) is 6.95. The van der Waals surface area contributed by atoms with Crippen LogP contribution in [-0.2, 0) is 4.74 Å². The molecule has 0 aliphatic heterocycles. The van der Waals surface area contributed by atoms with Crippen molar-refractivity contribution in [3.8, 4) is 0 Å². The summed E-state index contributed by atoms with van der Waals surface area (Å²) in [6.07, 6.45) is 1.46. The normalized spacial score (nSPS) is 9.00. The van der Waals surface area contributed by atoms with Crippen molar-refractivity contribution in [1.82, 2.24) is 0 Å². The van der Waals surface area contributed by atoms with Gasteiger partial charge in [0.25, 0.3) is 0 Å². The first kappa shape index (κ1) is 8.85. The molecule has 0 aromatic heterocycles. The number of nitrogens with two attached hydrogens (primary N) is 1. The molecule has 54 valence electrons. The van der Waals surface area contributed by atoms with Gasteiger partial charge in [-0.25, -0.2) is 0 Å². The van der Waals surface area contributed by atoms with Crippen LogP contribution in [0.1, 0.15) is 0 Å². The van der Waals surface area contributed by atoms with Crippen molar-refractivity contribution in [3.05, 3.63) is 12.8 Å². The molecule has 0 unspecified atom stereocenters. The lowest BCUT2D eigenvalue weighted by Crippen LogP contribution is -2.03. The molecule has 0 atom stereocenters. The molecule has 0 heterocycles. The van der Waals surface area contributed by atoms with E-state index in [1.54, 1.807) is 11.8 Å². The summed E-state index contributed by atoms with van der Waals surface area (Å²) in [6.45, 7) is 4.92. The van der Waals surface area contributed by atoms with Gasteiger partial charge in [0.15, 0.2) is 0 Å². The van der Waals surface area contributed by atoms with Crippen molar-refractivity contribution in [2.24, 2.45) is 5.73 Å². The van der Waals surface area contributed by atoms with E-state index in [-0.39, 0.29) is 0 Å². The lowest BCUT2D eigenvalue weighted by Gasteiger charge is -1.97. The Hall–Kier alpha value is -0.150. The van der Waals surface area contributed by atoms with Crippen LogP contribution in [0.2, 0.25) is 0 Å². The predicted molar refractivity (Wildman–Crippen MR) is 42.5 cm³/mol. The summed E-state index contributed by atoms with van der Waals surface area (Å²) in [4.78, 5) is 0. The van der Waals surface area contributed by atoms with Crippen LogP contribution >= 0.6 is 11.8 Å². The van der Waals surface area contributed by atoms with Crippen LogP contribution in [-0.4, -0.2) is 24.7 Å². The minimum absolute atomic E-state index is 0.744. The molecule has 0 amide bonds. The van der Waals surface area contributed by atoms with Crippen molar-refractivity contribution < 1.29 is 4.74 Å². The SMILES string of the molecule is C=COCCSCCN. The fourth-order valence-electron chi connectivity index (χ4n) is 0.376. The molecule has 0 radical (unpaired) electrons. The number of hydrogen-bond donors (Lipinski definition) is 1. The van der Waals surface area contributed by atoms with Gasteiger partial charge in [-0.15, -0.1) is 0 Å². The van der Waals surface area contributed by atoms with E-state index >= 15 is 0 Å². The highest BCUT2D eigenvalue weighted by Gasteiger charge is 1.84. The monoisotopic (exact) mass is 147 g/mol. The van der Waals surface area contributed by atoms with Crippen molar-refractivity contribution in [2.45, 2.75) is 0 Å². The molecule has 0 fully saturated rings. The molecule has 0 spiro atoms. The maximum Gasteiger partial charge on any atom is 0.0963 e. The zero-order valence-electron chi connectivity index (χ0n) is 5.51. The third-order valence-electron chi connectivity index (χ3n) is 0.726. The molecule has 3 heteroatoms. The maximum atomic E-state index is 5.26. The molecule has 2 nitrogen and oxygen atoms in total. The fourth-order valence-corrected chi connectivity index (χ4v) is 0.961. The van der Waals surface area contributed by atoms with Gasteiger partial charge in [-0.3, -0.25) is 0 Å². The Morgan fingerprint density at radius 1 is 1.56 bits per heavy atom. The molecule has 0 bridgehead atoms. The van der Waals surface area contributed by atoms with Crippen molar-refractivity contribution in [2.75, 3.05) is 24.7 Å². The van der Waals surface area contributed by atoms with Crippen LogP contribution < -0.4 is 5.73 Å². The summed E-state index contributed by atoms with van der Waals surface area (Å²) in [7, 11) is 0. The first-order chi connectivity index (χ1) is 4.41. The molecule has 0 aromatic rings. The van der Waals surface area contributed by atoms with E-state index in [0.717, 1.165) is 24.7 Å². The van der Waals surface area contributed by atoms with Gasteiger partial charge in [0.05, 0.1) is 12.9 Å². The Bertz CT molecular complexity index is 68.1. The molecule has 0 aliphatic rings. The van der Waals surface area contributed by atoms with E-state index in [0.29, 0.717) is 0 Å². The zero-order valence-corrected chi connectivity index (χ0v) is 6.32. The average molecular weight is 147 g/mol. The van der Waals surface area contributed by atoms with Crippen molar-refractivity contribution in [1.29, 1.82) is 0 Å². The number of thioether (sulfide) groups is 1. The van der Waals surface area contributed by atoms with E-state index in [9.17, 15) is 0 Å². The highest BCUT2D eigenvalue weighted by molar-refractivity contribution is 7.99. The second kappa shape index (κ2) is 7.85. The van der Waals surface area contributed by atoms with Gasteiger partial charge in [0.2, 0.25) is 0 Å². The van der Waals surface area contributed by atoms with Crippen LogP contribution in [0, 0.1) is 0 Å². The largest absolute Gasteiger partial charge is 0.501 e. The number of rotatable bonds is 6. The first-order valence-electron chi connectivity index (χ1n) is 2.92. The summed E-state index contributed by atoms with van der Waals surface area (Å²) in [5, 5.41) is 0. The van der Waals surface area contributed by atoms with E-state index in [1.807, 2.05) is 0 Å². The Morgan fingerprint density at radius 2 is 2.33 bits per heavy atom. The summed E-state index contributed by atoms with van der Waals surface area (Å²) in [6, 6.07) is 0. The summed E-state index contributed by atoms with van der Waals surface area (Å²) in [5.41, 5.74) is 5.26. The lowest BCUT2D eigenvalue weighted by atomic mass is 10.8. The van der Waals surface area contributed by atoms with Crippen LogP contribution in [0.3, 0.4) is 0 Å². The van der Waals surface area contributed by atoms with Crippen molar-refractivity contribution >= 4 is 11.8 Å². The van der Waals surface area contributed by atoms with Crippen molar-refractivity contribution in [3.63, 3.8) is 0 Å². The Labute approximate surface area is 60.5 Å². The summed E-state index contributed by atoms with van der Waals surface area (Å²) in [5.74, 6) is 2.02. The molecule has 0 saturated heterocycles. The van der Waals surface area contributed by atoms with Crippen LogP contribution in [0.5, 0.6) is 0 Å². The Morgan fingerprint density at radius 3 is 2.89 bits per heavy atom. The lowest BCUT2D eigenvalue weighted by molar-refractivity contribution is 0.274. The Balaban J connectivity index is 2.66. The minimum Gasteiger partial charge on any atom is -0.501 e. The molecule has 2 N–H and O–H groups in total. The summed E-state index contributed by atoms with van der Waals surface area (Å²) >= 11 is 1.80. The van der Waals surface area contributed by atoms with Crippen LogP contribution in [0.15, 0.2) is 12.8 Å². The quantitative estimate of drug-likeness (QED) is 0.446. The van der Waals surface area contributed by atoms with E-state index in [4.69, 9.17) is 10.5 Å². The third-order valence-corrected chi connectivity index (χ3v) is 1.71. The molecule has 0 saturated carbocycles. The third kappa shape index (κ3) is 7.85. The van der Waals surface area contributed by atoms with E-state index in [2.05, 4.69) is 6.58 Å². The molecule has 0 rings (SSSR count). The van der Waals surface area contributed by atoms with Gasteiger partial charge in [0, 0.05) is 18.1 Å². The molecule has 0 aromatic carbocycles. The highest BCUT2D eigenvalue weighted by Crippen LogP contribution is 1.96. The fraction of sp³-hybridized carbons (Fsp3) is 0.667. The van der Waals surface area contributed by atoms with Gasteiger partial charge in [-0.1, -0.05) is 6.58 Å². The molecular formula is C6H13NOS. The van der Waals surface area contributed by atoms with Crippen LogP contribution in [0.4, 0.5) is 0 Å². The van der Waals surface area contributed by atoms with Crippen LogP contribution in [0.25, 0.3) is 0 Å².